The summed E-state index contributed by atoms with van der Waals surface area (Å²) < 4.78 is 0. The predicted octanol–water partition coefficient (Wildman–Crippen LogP) is 14.1. The molecule has 0 saturated carbocycles. The van der Waals surface area contributed by atoms with Crippen molar-refractivity contribution in [3.63, 3.8) is 0 Å². The summed E-state index contributed by atoms with van der Waals surface area (Å²) in [4.78, 5) is 0. The van der Waals surface area contributed by atoms with E-state index >= 15 is 0 Å². The maximum Gasteiger partial charge on any atom is -0.00264 e. The van der Waals surface area contributed by atoms with Crippen molar-refractivity contribution in [1.29, 1.82) is 0 Å². The molecule has 0 nitrogen and oxygen atoms in total. The second-order valence-electron chi connectivity index (χ2n) is 13.5. The van der Waals surface area contributed by atoms with E-state index in [-0.39, 0.29) is 0 Å². The molecule has 0 fully saturated rings. The standard InChI is InChI=1S/C18H12.C16H12.C16H10.C2H6/c1-2-7-15-12-18-16(11-14(15)6-1)10-9-13-5-3-4-8-17(13)18;1-3-11-7-9-13-5-2-6-14-10-8-12(4-1)15(11)16(13)14;1-2-8-13-12(7-1)14-9-3-5-11-6-4-10-15(13)16(11)14;1-2/h1-12H;1,3-5,7-10H,2,6H2;1-10H;1-2H3. The number of hydrogen-bond donors (Lipinski definition) is 0. The van der Waals surface area contributed by atoms with E-state index in [1.165, 1.54) is 111 Å². The zero-order chi connectivity index (χ0) is 35.0. The van der Waals surface area contributed by atoms with Gasteiger partial charge in [-0.3, -0.25) is 0 Å². The van der Waals surface area contributed by atoms with Crippen LogP contribution in [-0.2, 0) is 6.42 Å². The molecule has 0 atom stereocenters. The molecule has 12 rings (SSSR count). The second-order valence-corrected chi connectivity index (χ2v) is 13.5. The van der Waals surface area contributed by atoms with Crippen LogP contribution in [-0.4, -0.2) is 0 Å². The normalized spacial score (nSPS) is 12.0. The average molecular weight is 665 g/mol. The number of aryl methyl sites for hydroxylation is 1. The number of benzene rings is 10. The fourth-order valence-electron chi connectivity index (χ4n) is 8.38. The maximum atomic E-state index is 2.37. The van der Waals surface area contributed by atoms with Crippen LogP contribution in [0.25, 0.3) is 93.0 Å². The van der Waals surface area contributed by atoms with E-state index in [4.69, 9.17) is 0 Å². The highest BCUT2D eigenvalue weighted by atomic mass is 14.2. The monoisotopic (exact) mass is 664 g/mol. The van der Waals surface area contributed by atoms with Gasteiger partial charge in [-0.1, -0.05) is 184 Å². The van der Waals surface area contributed by atoms with Crippen LogP contribution < -0.4 is 5.22 Å². The van der Waals surface area contributed by atoms with Crippen LogP contribution in [0.15, 0.2) is 176 Å². The van der Waals surface area contributed by atoms with Crippen LogP contribution in [0, 0.1) is 0 Å². The highest BCUT2D eigenvalue weighted by Gasteiger charge is 2.19. The van der Waals surface area contributed by atoms with Gasteiger partial charge in [-0.05, 0) is 123 Å². The molecule has 0 heterocycles. The van der Waals surface area contributed by atoms with E-state index in [0.717, 1.165) is 0 Å². The minimum absolute atomic E-state index is 1.18. The molecule has 52 heavy (non-hydrogen) atoms. The first-order chi connectivity index (χ1) is 25.8. The van der Waals surface area contributed by atoms with Gasteiger partial charge in [0.05, 0.1) is 0 Å². The maximum absolute atomic E-state index is 2.37. The zero-order valence-electron chi connectivity index (χ0n) is 29.7. The van der Waals surface area contributed by atoms with Crippen molar-refractivity contribution in [2.75, 3.05) is 0 Å². The minimum atomic E-state index is 1.18. The van der Waals surface area contributed by atoms with E-state index in [1.807, 2.05) is 13.8 Å². The predicted molar refractivity (Wildman–Crippen MR) is 228 cm³/mol. The molecule has 0 bridgehead atoms. The van der Waals surface area contributed by atoms with Gasteiger partial charge in [-0.2, -0.15) is 0 Å². The Hall–Kier alpha value is -6.24. The Morgan fingerprint density at radius 2 is 0.827 bits per heavy atom. The summed E-state index contributed by atoms with van der Waals surface area (Å²) in [6.07, 6.45) is 4.74. The molecule has 0 amide bonds. The van der Waals surface area contributed by atoms with E-state index in [9.17, 15) is 0 Å². The van der Waals surface area contributed by atoms with Crippen molar-refractivity contribution < 1.29 is 0 Å². The van der Waals surface area contributed by atoms with Crippen molar-refractivity contribution in [3.05, 3.63) is 187 Å². The van der Waals surface area contributed by atoms with Crippen LogP contribution in [0.2, 0.25) is 0 Å². The molecule has 2 aliphatic rings. The Labute approximate surface area is 305 Å². The summed E-state index contributed by atoms with van der Waals surface area (Å²) in [6.45, 7) is 4.00. The summed E-state index contributed by atoms with van der Waals surface area (Å²) in [6, 6.07) is 63.5. The van der Waals surface area contributed by atoms with Crippen LogP contribution in [0.5, 0.6) is 0 Å². The smallest absolute Gasteiger partial charge is 0.00264 e. The molecule has 0 unspecified atom stereocenters. The molecule has 0 spiro atoms. The minimum Gasteiger partial charge on any atom is -0.0763 e. The van der Waals surface area contributed by atoms with Crippen molar-refractivity contribution in [1.82, 2.24) is 0 Å². The molecule has 0 aliphatic heterocycles. The highest BCUT2D eigenvalue weighted by Crippen LogP contribution is 2.46. The molecule has 248 valence electrons. The molecule has 2 aliphatic carbocycles. The van der Waals surface area contributed by atoms with Crippen molar-refractivity contribution in [2.45, 2.75) is 26.7 Å². The highest BCUT2D eigenvalue weighted by molar-refractivity contribution is 6.15. The van der Waals surface area contributed by atoms with Crippen LogP contribution in [0.3, 0.4) is 0 Å². The molecule has 0 heteroatoms. The summed E-state index contributed by atoms with van der Waals surface area (Å²) in [5, 5.41) is 17.8. The fourth-order valence-corrected chi connectivity index (χ4v) is 8.38. The van der Waals surface area contributed by atoms with Gasteiger partial charge in [-0.25, -0.2) is 0 Å². The molecular weight excluding hydrogens is 625 g/mol. The van der Waals surface area contributed by atoms with Gasteiger partial charge in [0.25, 0.3) is 0 Å². The first kappa shape index (κ1) is 31.7. The van der Waals surface area contributed by atoms with Crippen LogP contribution in [0.1, 0.15) is 25.8 Å². The molecule has 0 radical (unpaired) electrons. The van der Waals surface area contributed by atoms with E-state index in [0.29, 0.717) is 0 Å². The molecular formula is C52H40. The SMILES string of the molecule is C1=c2ccc3cccc4ccc(c2c43)CC1.CC.c1ccc2c(c1)-c1cccc3cccc-2c13.c1ccc2cc3c(ccc4ccccc43)cc2c1. The third-order valence-corrected chi connectivity index (χ3v) is 10.7. The first-order valence-corrected chi connectivity index (χ1v) is 18.7. The first-order valence-electron chi connectivity index (χ1n) is 18.7. The summed E-state index contributed by atoms with van der Waals surface area (Å²) in [5.74, 6) is 0. The summed E-state index contributed by atoms with van der Waals surface area (Å²) in [7, 11) is 0. The fraction of sp³-hybridized carbons (Fsp3) is 0.0769. The average Bonchev–Trinajstić information content (AvgIpc) is 3.55. The quantitative estimate of drug-likeness (QED) is 0.112. The van der Waals surface area contributed by atoms with Crippen molar-refractivity contribution >= 4 is 70.7 Å². The van der Waals surface area contributed by atoms with Gasteiger partial charge < -0.3 is 0 Å². The van der Waals surface area contributed by atoms with E-state index in [1.54, 1.807) is 0 Å². The largest absolute Gasteiger partial charge is 0.0763 e. The Morgan fingerprint density at radius 1 is 0.327 bits per heavy atom. The number of rotatable bonds is 0. The van der Waals surface area contributed by atoms with E-state index in [2.05, 4.69) is 182 Å². The van der Waals surface area contributed by atoms with Gasteiger partial charge in [0.1, 0.15) is 0 Å². The second kappa shape index (κ2) is 13.5. The lowest BCUT2D eigenvalue weighted by atomic mass is 9.90. The van der Waals surface area contributed by atoms with E-state index < -0.39 is 0 Å². The molecule has 0 saturated heterocycles. The number of fused-ring (bicyclic) bond motifs is 7. The lowest BCUT2D eigenvalue weighted by molar-refractivity contribution is 1.04. The lowest BCUT2D eigenvalue weighted by Gasteiger charge is -2.14. The Kier molecular flexibility index (Phi) is 8.22. The molecule has 10 aromatic carbocycles. The molecule has 0 N–H and O–H groups in total. The lowest BCUT2D eigenvalue weighted by Crippen LogP contribution is -2.09. The van der Waals surface area contributed by atoms with Gasteiger partial charge in [0.15, 0.2) is 0 Å². The van der Waals surface area contributed by atoms with Gasteiger partial charge in [0, 0.05) is 0 Å². The van der Waals surface area contributed by atoms with Gasteiger partial charge >= 0.3 is 0 Å². The summed E-state index contributed by atoms with van der Waals surface area (Å²) in [5.41, 5.74) is 7.01. The Balaban J connectivity index is 0.000000102. The molecule has 10 aromatic rings. The topological polar surface area (TPSA) is 0 Å². The zero-order valence-corrected chi connectivity index (χ0v) is 29.7. The Morgan fingerprint density at radius 3 is 1.54 bits per heavy atom. The summed E-state index contributed by atoms with van der Waals surface area (Å²) >= 11 is 0. The van der Waals surface area contributed by atoms with Crippen molar-refractivity contribution in [3.8, 4) is 22.3 Å². The Bertz CT molecular complexity index is 2900. The van der Waals surface area contributed by atoms with Crippen molar-refractivity contribution in [2.24, 2.45) is 0 Å². The van der Waals surface area contributed by atoms with Crippen LogP contribution in [0.4, 0.5) is 0 Å². The number of hydrogen-bond acceptors (Lipinski definition) is 0. The van der Waals surface area contributed by atoms with Crippen LogP contribution >= 0.6 is 0 Å². The third kappa shape index (κ3) is 5.40. The van der Waals surface area contributed by atoms with Gasteiger partial charge in [-0.15, -0.1) is 0 Å². The third-order valence-electron chi connectivity index (χ3n) is 10.7. The molecule has 0 aromatic heterocycles. The van der Waals surface area contributed by atoms with Gasteiger partial charge in [0.2, 0.25) is 0 Å².